The molecule has 1 atom stereocenters. The van der Waals surface area contributed by atoms with Crippen LogP contribution in [0.2, 0.25) is 0 Å². The second kappa shape index (κ2) is 5.94. The summed E-state index contributed by atoms with van der Waals surface area (Å²) in [6.07, 6.45) is -0.647. The molecule has 1 N–H and O–H groups in total. The summed E-state index contributed by atoms with van der Waals surface area (Å²) in [6.45, 7) is 8.02. The average molecular weight is 277 g/mol. The summed E-state index contributed by atoms with van der Waals surface area (Å²) < 4.78 is 5.08. The highest BCUT2D eigenvalue weighted by Gasteiger charge is 2.22. The molecule has 1 heterocycles. The van der Waals surface area contributed by atoms with Gasteiger partial charge in [-0.05, 0) is 16.5 Å². The van der Waals surface area contributed by atoms with Crippen molar-refractivity contribution in [2.45, 2.75) is 32.3 Å². The molecular formula is C16H23NO3. The number of ether oxygens (including phenoxy) is 1. The second-order valence-corrected chi connectivity index (χ2v) is 6.28. The zero-order valence-electron chi connectivity index (χ0n) is 12.4. The van der Waals surface area contributed by atoms with E-state index in [0.29, 0.717) is 19.7 Å². The zero-order valence-corrected chi connectivity index (χ0v) is 12.4. The predicted molar refractivity (Wildman–Crippen MR) is 77.5 cm³/mol. The van der Waals surface area contributed by atoms with E-state index < -0.39 is 6.10 Å². The maximum absolute atomic E-state index is 11.6. The normalized spacial score (nSPS) is 18.2. The second-order valence-electron chi connectivity index (χ2n) is 6.28. The lowest BCUT2D eigenvalue weighted by atomic mass is 9.86. The number of β-amino-alcohol motifs (C(OH)–C–C–N with tert-alkyl or cyclic N) is 1. The lowest BCUT2D eigenvalue weighted by Gasteiger charge is -2.29. The Kier molecular flexibility index (Phi) is 4.45. The van der Waals surface area contributed by atoms with Gasteiger partial charge in [0.25, 0.3) is 0 Å². The number of aliphatic hydroxyl groups is 1. The first-order valence-electron chi connectivity index (χ1n) is 7.02. The third-order valence-electron chi connectivity index (χ3n) is 3.64. The molecule has 1 amide bonds. The highest BCUT2D eigenvalue weighted by atomic mass is 16.5. The third kappa shape index (κ3) is 3.58. The van der Waals surface area contributed by atoms with E-state index in [1.165, 1.54) is 5.56 Å². The van der Waals surface area contributed by atoms with Gasteiger partial charge in [0.15, 0.2) is 0 Å². The standard InChI is InChI=1S/C16H23NO3/c1-16(2,3)13-6-4-12(5-7-13)14(18)10-17-8-9-20-11-15(17)19/h4-7,14,18H,8-11H2,1-3H3. The Hall–Kier alpha value is -1.39. The fourth-order valence-electron chi connectivity index (χ4n) is 2.26. The Labute approximate surface area is 120 Å². The van der Waals surface area contributed by atoms with Gasteiger partial charge in [-0.1, -0.05) is 45.0 Å². The fourth-order valence-corrected chi connectivity index (χ4v) is 2.26. The number of hydrogen-bond donors (Lipinski definition) is 1. The number of aliphatic hydroxyl groups excluding tert-OH is 1. The molecule has 2 rings (SSSR count). The molecule has 0 bridgehead atoms. The third-order valence-corrected chi connectivity index (χ3v) is 3.64. The molecule has 4 heteroatoms. The van der Waals surface area contributed by atoms with Gasteiger partial charge < -0.3 is 14.7 Å². The monoisotopic (exact) mass is 277 g/mol. The van der Waals surface area contributed by atoms with Crippen LogP contribution < -0.4 is 0 Å². The number of morpholine rings is 1. The van der Waals surface area contributed by atoms with Crippen molar-refractivity contribution in [2.24, 2.45) is 0 Å². The average Bonchev–Trinajstić information content (AvgIpc) is 2.40. The molecule has 1 aromatic rings. The molecule has 1 unspecified atom stereocenters. The topological polar surface area (TPSA) is 49.8 Å². The molecule has 1 aliphatic rings. The largest absolute Gasteiger partial charge is 0.387 e. The molecule has 4 nitrogen and oxygen atoms in total. The first kappa shape index (κ1) is 15.0. The van der Waals surface area contributed by atoms with E-state index in [0.717, 1.165) is 5.56 Å². The van der Waals surface area contributed by atoms with Crippen molar-refractivity contribution in [3.8, 4) is 0 Å². The Morgan fingerprint density at radius 2 is 1.95 bits per heavy atom. The Bertz CT molecular complexity index is 462. The number of hydrogen-bond acceptors (Lipinski definition) is 3. The van der Waals surface area contributed by atoms with Crippen LogP contribution in [0.5, 0.6) is 0 Å². The van der Waals surface area contributed by atoms with Crippen molar-refractivity contribution >= 4 is 5.91 Å². The molecule has 1 aromatic carbocycles. The Morgan fingerprint density at radius 3 is 2.50 bits per heavy atom. The first-order chi connectivity index (χ1) is 9.38. The molecule has 1 saturated heterocycles. The van der Waals surface area contributed by atoms with Gasteiger partial charge in [0.1, 0.15) is 6.61 Å². The fraction of sp³-hybridized carbons (Fsp3) is 0.562. The molecule has 0 aliphatic carbocycles. The summed E-state index contributed by atoms with van der Waals surface area (Å²) in [6, 6.07) is 7.96. The van der Waals surface area contributed by atoms with E-state index in [2.05, 4.69) is 20.8 Å². The van der Waals surface area contributed by atoms with Gasteiger partial charge in [0, 0.05) is 6.54 Å². The number of rotatable bonds is 3. The van der Waals surface area contributed by atoms with Gasteiger partial charge in [-0.3, -0.25) is 4.79 Å². The van der Waals surface area contributed by atoms with E-state index in [-0.39, 0.29) is 17.9 Å². The molecule has 0 saturated carbocycles. The van der Waals surface area contributed by atoms with Gasteiger partial charge >= 0.3 is 0 Å². The van der Waals surface area contributed by atoms with Crippen LogP contribution in [-0.4, -0.2) is 42.2 Å². The van der Waals surface area contributed by atoms with Crippen LogP contribution in [0.25, 0.3) is 0 Å². The summed E-state index contributed by atoms with van der Waals surface area (Å²) in [4.78, 5) is 13.3. The van der Waals surface area contributed by atoms with Crippen molar-refractivity contribution < 1.29 is 14.6 Å². The SMILES string of the molecule is CC(C)(C)c1ccc(C(O)CN2CCOCC2=O)cc1. The maximum atomic E-state index is 11.6. The van der Waals surface area contributed by atoms with Gasteiger partial charge in [0.2, 0.25) is 5.91 Å². The van der Waals surface area contributed by atoms with Crippen LogP contribution in [0.15, 0.2) is 24.3 Å². The Balaban J connectivity index is 2.02. The lowest BCUT2D eigenvalue weighted by Crippen LogP contribution is -2.43. The van der Waals surface area contributed by atoms with E-state index >= 15 is 0 Å². The highest BCUT2D eigenvalue weighted by molar-refractivity contribution is 5.78. The molecule has 0 radical (unpaired) electrons. The summed E-state index contributed by atoms with van der Waals surface area (Å²) >= 11 is 0. The summed E-state index contributed by atoms with van der Waals surface area (Å²) in [5.41, 5.74) is 2.18. The Morgan fingerprint density at radius 1 is 1.30 bits per heavy atom. The van der Waals surface area contributed by atoms with Crippen LogP contribution in [0, 0.1) is 0 Å². The van der Waals surface area contributed by atoms with Crippen LogP contribution in [0.4, 0.5) is 0 Å². The van der Waals surface area contributed by atoms with Crippen LogP contribution in [0.1, 0.15) is 38.0 Å². The maximum Gasteiger partial charge on any atom is 0.248 e. The van der Waals surface area contributed by atoms with Crippen molar-refractivity contribution in [2.75, 3.05) is 26.3 Å². The molecule has 110 valence electrons. The number of carbonyl (C=O) groups excluding carboxylic acids is 1. The van der Waals surface area contributed by atoms with Crippen LogP contribution in [-0.2, 0) is 14.9 Å². The highest BCUT2D eigenvalue weighted by Crippen LogP contribution is 2.24. The van der Waals surface area contributed by atoms with Gasteiger partial charge in [0.05, 0.1) is 19.3 Å². The molecular weight excluding hydrogens is 254 g/mol. The summed E-state index contributed by atoms with van der Waals surface area (Å²) in [7, 11) is 0. The minimum Gasteiger partial charge on any atom is -0.387 e. The van der Waals surface area contributed by atoms with Crippen LogP contribution >= 0.6 is 0 Å². The minimum absolute atomic E-state index is 0.0541. The molecule has 0 spiro atoms. The van der Waals surface area contributed by atoms with Crippen LogP contribution in [0.3, 0.4) is 0 Å². The smallest absolute Gasteiger partial charge is 0.248 e. The number of carbonyl (C=O) groups is 1. The van der Waals surface area contributed by atoms with Crippen molar-refractivity contribution in [1.29, 1.82) is 0 Å². The minimum atomic E-state index is -0.647. The number of nitrogens with zero attached hydrogens (tertiary/aromatic N) is 1. The first-order valence-corrected chi connectivity index (χ1v) is 7.02. The molecule has 1 aliphatic heterocycles. The predicted octanol–water partition coefficient (Wildman–Crippen LogP) is 1.88. The van der Waals surface area contributed by atoms with Gasteiger partial charge in [-0.15, -0.1) is 0 Å². The van der Waals surface area contributed by atoms with E-state index in [1.54, 1.807) is 4.90 Å². The van der Waals surface area contributed by atoms with Crippen molar-refractivity contribution in [3.63, 3.8) is 0 Å². The summed E-state index contributed by atoms with van der Waals surface area (Å²) in [5, 5.41) is 10.2. The molecule has 20 heavy (non-hydrogen) atoms. The van der Waals surface area contributed by atoms with Gasteiger partial charge in [-0.2, -0.15) is 0 Å². The van der Waals surface area contributed by atoms with Gasteiger partial charge in [-0.25, -0.2) is 0 Å². The van der Waals surface area contributed by atoms with E-state index in [4.69, 9.17) is 4.74 Å². The quantitative estimate of drug-likeness (QED) is 0.917. The van der Waals surface area contributed by atoms with E-state index in [1.807, 2.05) is 24.3 Å². The molecule has 1 fully saturated rings. The van der Waals surface area contributed by atoms with E-state index in [9.17, 15) is 9.90 Å². The molecule has 0 aromatic heterocycles. The van der Waals surface area contributed by atoms with Crippen molar-refractivity contribution in [3.05, 3.63) is 35.4 Å². The lowest BCUT2D eigenvalue weighted by molar-refractivity contribution is -0.144. The van der Waals surface area contributed by atoms with Crippen molar-refractivity contribution in [1.82, 2.24) is 4.90 Å². The summed E-state index contributed by atoms with van der Waals surface area (Å²) in [5.74, 6) is -0.0541. The number of benzene rings is 1. The zero-order chi connectivity index (χ0) is 14.8. The number of amides is 1.